The Kier molecular flexibility index (Phi) is 3.02. The molecule has 1 aliphatic rings. The summed E-state index contributed by atoms with van der Waals surface area (Å²) in [5, 5.41) is 11.0. The van der Waals surface area contributed by atoms with Crippen LogP contribution in [-0.4, -0.2) is 34.0 Å². The molecule has 1 N–H and O–H groups in total. The van der Waals surface area contributed by atoms with Crippen LogP contribution < -0.4 is 0 Å². The highest BCUT2D eigenvalue weighted by molar-refractivity contribution is 7.07. The average Bonchev–Trinajstić information content (AvgIpc) is 2.75. The Morgan fingerprint density at radius 3 is 3.07 bits per heavy atom. The van der Waals surface area contributed by atoms with Crippen LogP contribution >= 0.6 is 11.3 Å². The lowest BCUT2D eigenvalue weighted by molar-refractivity contribution is -0.142. The lowest BCUT2D eigenvalue weighted by atomic mass is 9.99. The van der Waals surface area contributed by atoms with E-state index in [1.165, 1.54) is 0 Å². The summed E-state index contributed by atoms with van der Waals surface area (Å²) >= 11 is 1.58. The molecule has 2 rings (SSSR count). The van der Waals surface area contributed by atoms with Gasteiger partial charge in [-0.1, -0.05) is 6.92 Å². The van der Waals surface area contributed by atoms with Crippen LogP contribution in [0.4, 0.5) is 0 Å². The van der Waals surface area contributed by atoms with E-state index in [4.69, 9.17) is 5.11 Å². The van der Waals surface area contributed by atoms with Gasteiger partial charge in [-0.3, -0.25) is 9.69 Å². The summed E-state index contributed by atoms with van der Waals surface area (Å²) in [6.45, 7) is 4.28. The van der Waals surface area contributed by atoms with E-state index >= 15 is 0 Å². The van der Waals surface area contributed by atoms with Crippen LogP contribution in [0.15, 0.2) is 10.9 Å². The average molecular weight is 226 g/mol. The molecule has 0 bridgehead atoms. The number of thiazole rings is 1. The highest BCUT2D eigenvalue weighted by atomic mass is 32.1. The van der Waals surface area contributed by atoms with Gasteiger partial charge in [-0.25, -0.2) is 4.98 Å². The molecule has 0 aromatic carbocycles. The Morgan fingerprint density at radius 2 is 2.53 bits per heavy atom. The van der Waals surface area contributed by atoms with Gasteiger partial charge in [-0.05, 0) is 5.92 Å². The quantitative estimate of drug-likeness (QED) is 0.844. The summed E-state index contributed by atoms with van der Waals surface area (Å²) in [7, 11) is 0. The highest BCUT2D eigenvalue weighted by Gasteiger charge is 2.34. The number of nitrogens with zero attached hydrogens (tertiary/aromatic N) is 2. The summed E-state index contributed by atoms with van der Waals surface area (Å²) in [4.78, 5) is 17.3. The largest absolute Gasteiger partial charge is 0.481 e. The molecule has 1 aromatic heterocycles. The third-order valence-corrected chi connectivity index (χ3v) is 3.51. The van der Waals surface area contributed by atoms with Crippen LogP contribution in [0.5, 0.6) is 0 Å². The van der Waals surface area contributed by atoms with Gasteiger partial charge in [0.2, 0.25) is 0 Å². The molecular weight excluding hydrogens is 212 g/mol. The van der Waals surface area contributed by atoms with Gasteiger partial charge in [0.1, 0.15) is 0 Å². The molecule has 4 nitrogen and oxygen atoms in total. The van der Waals surface area contributed by atoms with Crippen LogP contribution in [0.1, 0.15) is 12.6 Å². The molecule has 82 valence electrons. The minimum absolute atomic E-state index is 0.219. The predicted octanol–water partition coefficient (Wildman–Crippen LogP) is 1.30. The monoisotopic (exact) mass is 226 g/mol. The van der Waals surface area contributed by atoms with E-state index in [-0.39, 0.29) is 11.8 Å². The second kappa shape index (κ2) is 4.28. The van der Waals surface area contributed by atoms with Crippen LogP contribution in [0.2, 0.25) is 0 Å². The second-order valence-corrected chi connectivity index (χ2v) is 4.81. The standard InChI is InChI=1S/C10H14N2O2S/c1-7-2-12(4-9(7)10(13)14)3-8-5-15-6-11-8/h5-7,9H,2-4H2,1H3,(H,13,14)/t7-,9-/m1/s1. The van der Waals surface area contributed by atoms with Crippen LogP contribution in [0.25, 0.3) is 0 Å². The fourth-order valence-corrected chi connectivity index (χ4v) is 2.61. The molecule has 0 spiro atoms. The van der Waals surface area contributed by atoms with E-state index in [1.807, 2.05) is 17.8 Å². The maximum atomic E-state index is 10.9. The molecule has 0 radical (unpaired) electrons. The van der Waals surface area contributed by atoms with E-state index in [0.717, 1.165) is 18.8 Å². The van der Waals surface area contributed by atoms with Gasteiger partial charge < -0.3 is 5.11 Å². The third kappa shape index (κ3) is 2.35. The van der Waals surface area contributed by atoms with Crippen molar-refractivity contribution in [2.75, 3.05) is 13.1 Å². The molecule has 1 aromatic rings. The van der Waals surface area contributed by atoms with Gasteiger partial charge in [-0.15, -0.1) is 11.3 Å². The predicted molar refractivity (Wildman–Crippen MR) is 57.7 cm³/mol. The normalized spacial score (nSPS) is 27.0. The fraction of sp³-hybridized carbons (Fsp3) is 0.600. The van der Waals surface area contributed by atoms with E-state index in [9.17, 15) is 4.79 Å². The van der Waals surface area contributed by atoms with Crippen molar-refractivity contribution in [1.82, 2.24) is 9.88 Å². The number of rotatable bonds is 3. The molecule has 0 unspecified atom stereocenters. The van der Waals surface area contributed by atoms with Crippen LogP contribution in [-0.2, 0) is 11.3 Å². The molecule has 5 heteroatoms. The molecule has 0 amide bonds. The summed E-state index contributed by atoms with van der Waals surface area (Å²) in [6.07, 6.45) is 0. The molecule has 2 atom stereocenters. The van der Waals surface area contributed by atoms with Crippen molar-refractivity contribution in [3.63, 3.8) is 0 Å². The Morgan fingerprint density at radius 1 is 1.73 bits per heavy atom. The zero-order chi connectivity index (χ0) is 10.8. The van der Waals surface area contributed by atoms with Crippen molar-refractivity contribution < 1.29 is 9.90 Å². The number of hydrogen-bond donors (Lipinski definition) is 1. The summed E-state index contributed by atoms with van der Waals surface area (Å²) in [5.41, 5.74) is 2.85. The van der Waals surface area contributed by atoms with Crippen LogP contribution in [0, 0.1) is 11.8 Å². The fourth-order valence-electron chi connectivity index (χ4n) is 2.06. The van der Waals surface area contributed by atoms with Crippen molar-refractivity contribution in [1.29, 1.82) is 0 Å². The lowest BCUT2D eigenvalue weighted by Crippen LogP contribution is -2.23. The Bertz CT molecular complexity index is 339. The van der Waals surface area contributed by atoms with Crippen molar-refractivity contribution in [3.8, 4) is 0 Å². The number of carbonyl (C=O) groups is 1. The summed E-state index contributed by atoms with van der Waals surface area (Å²) < 4.78 is 0. The first-order valence-electron chi connectivity index (χ1n) is 4.99. The van der Waals surface area contributed by atoms with Gasteiger partial charge in [0.05, 0.1) is 17.1 Å². The SMILES string of the molecule is C[C@@H]1CN(Cc2cscn2)C[C@H]1C(=O)O. The summed E-state index contributed by atoms with van der Waals surface area (Å²) in [5.74, 6) is -0.659. The van der Waals surface area contributed by atoms with E-state index < -0.39 is 5.97 Å². The smallest absolute Gasteiger partial charge is 0.308 e. The van der Waals surface area contributed by atoms with Crippen molar-refractivity contribution >= 4 is 17.3 Å². The number of likely N-dealkylation sites (tertiary alicyclic amines) is 1. The molecule has 15 heavy (non-hydrogen) atoms. The molecule has 1 saturated heterocycles. The molecule has 1 fully saturated rings. The zero-order valence-corrected chi connectivity index (χ0v) is 9.41. The van der Waals surface area contributed by atoms with Gasteiger partial charge >= 0.3 is 5.97 Å². The highest BCUT2D eigenvalue weighted by Crippen LogP contribution is 2.24. The number of aliphatic carboxylic acids is 1. The first-order chi connectivity index (χ1) is 7.16. The second-order valence-electron chi connectivity index (χ2n) is 4.10. The first kappa shape index (κ1) is 10.6. The number of carboxylic acids is 1. The van der Waals surface area contributed by atoms with Gasteiger partial charge in [0, 0.05) is 25.0 Å². The number of aromatic nitrogens is 1. The topological polar surface area (TPSA) is 53.4 Å². The minimum atomic E-state index is -0.678. The molecule has 0 saturated carbocycles. The molecule has 1 aliphatic heterocycles. The molecule has 0 aliphatic carbocycles. The van der Waals surface area contributed by atoms with Crippen molar-refractivity contribution in [2.45, 2.75) is 13.5 Å². The minimum Gasteiger partial charge on any atom is -0.481 e. The summed E-state index contributed by atoms with van der Waals surface area (Å²) in [6, 6.07) is 0. The Balaban J connectivity index is 1.94. The van der Waals surface area contributed by atoms with Crippen LogP contribution in [0.3, 0.4) is 0 Å². The van der Waals surface area contributed by atoms with E-state index in [1.54, 1.807) is 11.3 Å². The zero-order valence-electron chi connectivity index (χ0n) is 8.59. The number of carboxylic acid groups (broad SMARTS) is 1. The third-order valence-electron chi connectivity index (χ3n) is 2.87. The lowest BCUT2D eigenvalue weighted by Gasteiger charge is -2.12. The van der Waals surface area contributed by atoms with Gasteiger partial charge in [0.15, 0.2) is 0 Å². The molecule has 2 heterocycles. The van der Waals surface area contributed by atoms with Gasteiger partial charge in [-0.2, -0.15) is 0 Å². The van der Waals surface area contributed by atoms with E-state index in [0.29, 0.717) is 6.54 Å². The van der Waals surface area contributed by atoms with Gasteiger partial charge in [0.25, 0.3) is 0 Å². The molecular formula is C10H14N2O2S. The number of hydrogen-bond acceptors (Lipinski definition) is 4. The van der Waals surface area contributed by atoms with E-state index in [2.05, 4.69) is 9.88 Å². The van der Waals surface area contributed by atoms with Crippen molar-refractivity contribution in [2.24, 2.45) is 11.8 Å². The maximum absolute atomic E-state index is 10.9. The maximum Gasteiger partial charge on any atom is 0.308 e. The first-order valence-corrected chi connectivity index (χ1v) is 5.93. The Labute approximate surface area is 92.6 Å². The Hall–Kier alpha value is -0.940. The van der Waals surface area contributed by atoms with Crippen molar-refractivity contribution in [3.05, 3.63) is 16.6 Å².